The Labute approximate surface area is 83.2 Å². The quantitative estimate of drug-likeness (QED) is 0.397. The van der Waals surface area contributed by atoms with Crippen LogP contribution in [-0.2, 0) is 9.47 Å². The van der Waals surface area contributed by atoms with E-state index in [0.29, 0.717) is 6.79 Å². The molecular formula is C10H14O2S. The SMILES string of the molecule is COCOCCSc1ccccc1. The minimum atomic E-state index is 0.384. The molecule has 0 aliphatic carbocycles. The molecule has 0 saturated carbocycles. The molecule has 0 saturated heterocycles. The van der Waals surface area contributed by atoms with Crippen molar-refractivity contribution in [3.8, 4) is 0 Å². The van der Waals surface area contributed by atoms with E-state index in [1.807, 2.05) is 18.2 Å². The maximum absolute atomic E-state index is 5.16. The summed E-state index contributed by atoms with van der Waals surface area (Å²) in [5.74, 6) is 0.966. The fraction of sp³-hybridized carbons (Fsp3) is 0.400. The number of ether oxygens (including phenoxy) is 2. The zero-order valence-corrected chi connectivity index (χ0v) is 8.55. The minimum absolute atomic E-state index is 0.384. The van der Waals surface area contributed by atoms with E-state index in [-0.39, 0.29) is 0 Å². The van der Waals surface area contributed by atoms with Crippen molar-refractivity contribution in [2.24, 2.45) is 0 Å². The Morgan fingerprint density at radius 1 is 1.23 bits per heavy atom. The number of thioether (sulfide) groups is 1. The van der Waals surface area contributed by atoms with Crippen molar-refractivity contribution in [3.63, 3.8) is 0 Å². The van der Waals surface area contributed by atoms with E-state index in [1.54, 1.807) is 18.9 Å². The van der Waals surface area contributed by atoms with Crippen LogP contribution in [0.5, 0.6) is 0 Å². The van der Waals surface area contributed by atoms with Crippen LogP contribution in [0.4, 0.5) is 0 Å². The highest BCUT2D eigenvalue weighted by Crippen LogP contribution is 2.15. The molecule has 13 heavy (non-hydrogen) atoms. The summed E-state index contributed by atoms with van der Waals surface area (Å²) in [7, 11) is 1.63. The van der Waals surface area contributed by atoms with Gasteiger partial charge in [-0.2, -0.15) is 0 Å². The van der Waals surface area contributed by atoms with Gasteiger partial charge in [0, 0.05) is 17.8 Å². The van der Waals surface area contributed by atoms with Crippen molar-refractivity contribution < 1.29 is 9.47 Å². The zero-order chi connectivity index (χ0) is 9.36. The summed E-state index contributed by atoms with van der Waals surface area (Å²) in [6.07, 6.45) is 0. The molecule has 0 atom stereocenters. The van der Waals surface area contributed by atoms with Gasteiger partial charge in [-0.1, -0.05) is 18.2 Å². The van der Waals surface area contributed by atoms with Gasteiger partial charge in [0.05, 0.1) is 6.61 Å². The van der Waals surface area contributed by atoms with Crippen molar-refractivity contribution in [2.75, 3.05) is 26.3 Å². The average Bonchev–Trinajstić information content (AvgIpc) is 2.19. The molecule has 1 rings (SSSR count). The molecule has 1 aromatic rings. The van der Waals surface area contributed by atoms with Crippen molar-refractivity contribution in [1.29, 1.82) is 0 Å². The van der Waals surface area contributed by atoms with Gasteiger partial charge in [0.1, 0.15) is 6.79 Å². The first-order chi connectivity index (χ1) is 6.43. The monoisotopic (exact) mass is 198 g/mol. The van der Waals surface area contributed by atoms with Gasteiger partial charge in [-0.3, -0.25) is 0 Å². The highest BCUT2D eigenvalue weighted by atomic mass is 32.2. The lowest BCUT2D eigenvalue weighted by Gasteiger charge is -2.02. The zero-order valence-electron chi connectivity index (χ0n) is 7.73. The largest absolute Gasteiger partial charge is 0.359 e. The van der Waals surface area contributed by atoms with Crippen LogP contribution in [0.15, 0.2) is 35.2 Å². The third kappa shape index (κ3) is 4.93. The molecule has 0 radical (unpaired) electrons. The summed E-state index contributed by atoms with van der Waals surface area (Å²) in [6.45, 7) is 1.11. The van der Waals surface area contributed by atoms with Crippen molar-refractivity contribution in [3.05, 3.63) is 30.3 Å². The van der Waals surface area contributed by atoms with Crippen LogP contribution >= 0.6 is 11.8 Å². The summed E-state index contributed by atoms with van der Waals surface area (Å²) in [5.41, 5.74) is 0. The Balaban J connectivity index is 2.07. The Bertz CT molecular complexity index is 213. The molecule has 3 heteroatoms. The second-order valence-electron chi connectivity index (χ2n) is 2.48. The molecule has 0 aliphatic heterocycles. The normalized spacial score (nSPS) is 10.2. The summed E-state index contributed by atoms with van der Waals surface area (Å²) < 4.78 is 9.92. The fourth-order valence-electron chi connectivity index (χ4n) is 0.877. The highest BCUT2D eigenvalue weighted by Gasteiger charge is 1.91. The minimum Gasteiger partial charge on any atom is -0.359 e. The molecule has 0 spiro atoms. The lowest BCUT2D eigenvalue weighted by molar-refractivity contribution is -0.0239. The molecule has 0 N–H and O–H groups in total. The van der Waals surface area contributed by atoms with Crippen LogP contribution < -0.4 is 0 Å². The number of rotatable bonds is 6. The number of methoxy groups -OCH3 is 1. The van der Waals surface area contributed by atoms with Crippen LogP contribution in [0.2, 0.25) is 0 Å². The van der Waals surface area contributed by atoms with Crippen molar-refractivity contribution >= 4 is 11.8 Å². The second kappa shape index (κ2) is 6.95. The average molecular weight is 198 g/mol. The number of hydrogen-bond donors (Lipinski definition) is 0. The molecule has 0 unspecified atom stereocenters. The van der Waals surface area contributed by atoms with Crippen LogP contribution in [-0.4, -0.2) is 26.3 Å². The van der Waals surface area contributed by atoms with Gasteiger partial charge < -0.3 is 9.47 Å². The summed E-state index contributed by atoms with van der Waals surface area (Å²) >= 11 is 1.79. The summed E-state index contributed by atoms with van der Waals surface area (Å²) in [6, 6.07) is 10.3. The molecule has 0 aliphatic rings. The maximum atomic E-state index is 5.16. The van der Waals surface area contributed by atoms with Crippen LogP contribution in [0.3, 0.4) is 0 Å². The van der Waals surface area contributed by atoms with E-state index < -0.39 is 0 Å². The first-order valence-corrected chi connectivity index (χ1v) is 5.16. The van der Waals surface area contributed by atoms with Gasteiger partial charge in [0.15, 0.2) is 0 Å². The molecule has 0 heterocycles. The van der Waals surface area contributed by atoms with Gasteiger partial charge in [-0.25, -0.2) is 0 Å². The van der Waals surface area contributed by atoms with E-state index >= 15 is 0 Å². The van der Waals surface area contributed by atoms with Gasteiger partial charge in [0.2, 0.25) is 0 Å². The van der Waals surface area contributed by atoms with E-state index in [2.05, 4.69) is 12.1 Å². The van der Waals surface area contributed by atoms with Gasteiger partial charge in [-0.05, 0) is 12.1 Å². The predicted molar refractivity (Wildman–Crippen MR) is 55.0 cm³/mol. The van der Waals surface area contributed by atoms with E-state index in [4.69, 9.17) is 9.47 Å². The number of hydrogen-bond acceptors (Lipinski definition) is 3. The Morgan fingerprint density at radius 3 is 2.69 bits per heavy atom. The van der Waals surface area contributed by atoms with Crippen molar-refractivity contribution in [1.82, 2.24) is 0 Å². The standard InChI is InChI=1S/C10H14O2S/c1-11-9-12-7-8-13-10-5-3-2-4-6-10/h2-6H,7-9H2,1H3. The van der Waals surface area contributed by atoms with E-state index in [1.165, 1.54) is 4.90 Å². The Morgan fingerprint density at radius 2 is 2.00 bits per heavy atom. The number of benzene rings is 1. The maximum Gasteiger partial charge on any atom is 0.146 e. The lowest BCUT2D eigenvalue weighted by atomic mass is 10.4. The third-order valence-electron chi connectivity index (χ3n) is 1.44. The first-order valence-electron chi connectivity index (χ1n) is 4.18. The van der Waals surface area contributed by atoms with E-state index in [9.17, 15) is 0 Å². The highest BCUT2D eigenvalue weighted by molar-refractivity contribution is 7.99. The Hall–Kier alpha value is -0.510. The van der Waals surface area contributed by atoms with Crippen LogP contribution in [0.25, 0.3) is 0 Å². The predicted octanol–water partition coefficient (Wildman–Crippen LogP) is 2.40. The molecule has 0 fully saturated rings. The smallest absolute Gasteiger partial charge is 0.146 e. The van der Waals surface area contributed by atoms with Gasteiger partial charge in [-0.15, -0.1) is 11.8 Å². The van der Waals surface area contributed by atoms with Crippen molar-refractivity contribution in [2.45, 2.75) is 4.90 Å². The Kier molecular flexibility index (Phi) is 5.65. The van der Waals surface area contributed by atoms with Gasteiger partial charge >= 0.3 is 0 Å². The summed E-state index contributed by atoms with van der Waals surface area (Å²) in [5, 5.41) is 0. The molecule has 0 aromatic heterocycles. The van der Waals surface area contributed by atoms with E-state index in [0.717, 1.165) is 12.4 Å². The molecular weight excluding hydrogens is 184 g/mol. The van der Waals surface area contributed by atoms with Crippen LogP contribution in [0.1, 0.15) is 0 Å². The van der Waals surface area contributed by atoms with Crippen LogP contribution in [0, 0.1) is 0 Å². The summed E-state index contributed by atoms with van der Waals surface area (Å²) in [4.78, 5) is 1.28. The second-order valence-corrected chi connectivity index (χ2v) is 3.64. The molecule has 1 aromatic carbocycles. The molecule has 0 amide bonds. The fourth-order valence-corrected chi connectivity index (χ4v) is 1.66. The third-order valence-corrected chi connectivity index (χ3v) is 2.42. The molecule has 2 nitrogen and oxygen atoms in total. The first kappa shape index (κ1) is 10.6. The molecule has 72 valence electrons. The lowest BCUT2D eigenvalue weighted by Crippen LogP contribution is -2.00. The topological polar surface area (TPSA) is 18.5 Å². The van der Waals surface area contributed by atoms with Gasteiger partial charge in [0.25, 0.3) is 0 Å². The molecule has 0 bridgehead atoms.